The Morgan fingerprint density at radius 1 is 1.03 bits per heavy atom. The van der Waals surface area contributed by atoms with E-state index in [9.17, 15) is 4.79 Å². The van der Waals surface area contributed by atoms with E-state index < -0.39 is 6.04 Å². The normalized spacial score (nSPS) is 22.9. The van der Waals surface area contributed by atoms with Crippen LogP contribution >= 0.6 is 11.6 Å². The summed E-state index contributed by atoms with van der Waals surface area (Å²) in [4.78, 5) is 21.9. The first-order valence-electron chi connectivity index (χ1n) is 9.97. The van der Waals surface area contributed by atoms with Crippen LogP contribution in [0, 0.1) is 0 Å². The van der Waals surface area contributed by atoms with Gasteiger partial charge in [0.05, 0.1) is 11.1 Å². The molecule has 150 valence electrons. The van der Waals surface area contributed by atoms with Gasteiger partial charge in [-0.25, -0.2) is 4.98 Å². The number of ether oxygens (including phenoxy) is 2. The molecule has 29 heavy (non-hydrogen) atoms. The minimum Gasteiger partial charge on any atom is -0.454 e. The number of hydrogen-bond donors (Lipinski definition) is 0. The van der Waals surface area contributed by atoms with Crippen molar-refractivity contribution in [1.29, 1.82) is 0 Å². The van der Waals surface area contributed by atoms with Gasteiger partial charge in [-0.15, -0.1) is 0 Å². The number of anilines is 1. The highest BCUT2D eigenvalue weighted by Gasteiger charge is 2.38. The number of carbonyl (C=O) groups excluding carboxylic acids is 1. The lowest BCUT2D eigenvalue weighted by atomic mass is 10.1. The third-order valence-corrected chi connectivity index (χ3v) is 5.93. The number of hydrogen-bond acceptors (Lipinski definition) is 5. The number of benzene rings is 1. The summed E-state index contributed by atoms with van der Waals surface area (Å²) in [5, 5.41) is 0.569. The standard InChI is InChI=1S/C22H22ClN3O3/c23-16-5-9-21(24-13-16)26-17(15-4-8-19-20(12-15)29-14-28-19)6-7-18(26)22(27)25-10-2-1-3-11-25/h4-9,12-13,17-18H,1-3,10-11,14H2/t17-,18+/m0/s1. The van der Waals surface area contributed by atoms with Crippen molar-refractivity contribution >= 4 is 23.3 Å². The molecule has 0 saturated carbocycles. The average Bonchev–Trinajstić information content (AvgIpc) is 3.41. The second kappa shape index (κ2) is 7.59. The van der Waals surface area contributed by atoms with Crippen LogP contribution < -0.4 is 14.4 Å². The van der Waals surface area contributed by atoms with Crippen LogP contribution in [0.3, 0.4) is 0 Å². The Hall–Kier alpha value is -2.73. The number of fused-ring (bicyclic) bond motifs is 1. The zero-order valence-corrected chi connectivity index (χ0v) is 16.7. The molecule has 0 unspecified atom stereocenters. The van der Waals surface area contributed by atoms with Gasteiger partial charge in [0.1, 0.15) is 11.9 Å². The highest BCUT2D eigenvalue weighted by atomic mass is 35.5. The summed E-state index contributed by atoms with van der Waals surface area (Å²) in [5.74, 6) is 2.32. The monoisotopic (exact) mass is 411 g/mol. The smallest absolute Gasteiger partial charge is 0.249 e. The van der Waals surface area contributed by atoms with Crippen molar-refractivity contribution in [1.82, 2.24) is 9.88 Å². The fourth-order valence-corrected chi connectivity index (χ4v) is 4.36. The number of amides is 1. The average molecular weight is 412 g/mol. The summed E-state index contributed by atoms with van der Waals surface area (Å²) < 4.78 is 11.0. The maximum atomic E-state index is 13.3. The van der Waals surface area contributed by atoms with Crippen molar-refractivity contribution in [2.45, 2.75) is 31.3 Å². The largest absolute Gasteiger partial charge is 0.454 e. The Morgan fingerprint density at radius 3 is 2.66 bits per heavy atom. The highest BCUT2D eigenvalue weighted by molar-refractivity contribution is 6.30. The molecule has 1 aromatic carbocycles. The van der Waals surface area contributed by atoms with Gasteiger partial charge in [0.25, 0.3) is 0 Å². The second-order valence-electron chi connectivity index (χ2n) is 7.52. The molecule has 0 spiro atoms. The molecule has 3 aliphatic rings. The third kappa shape index (κ3) is 3.42. The summed E-state index contributed by atoms with van der Waals surface area (Å²) in [5.41, 5.74) is 1.02. The van der Waals surface area contributed by atoms with Crippen LogP contribution in [0.5, 0.6) is 11.5 Å². The topological polar surface area (TPSA) is 54.9 Å². The van der Waals surface area contributed by atoms with E-state index in [1.165, 1.54) is 6.42 Å². The fraction of sp³-hybridized carbons (Fsp3) is 0.364. The molecule has 0 radical (unpaired) electrons. The van der Waals surface area contributed by atoms with Gasteiger partial charge in [-0.1, -0.05) is 29.8 Å². The highest BCUT2D eigenvalue weighted by Crippen LogP contribution is 2.40. The van der Waals surface area contributed by atoms with E-state index in [1.807, 2.05) is 35.2 Å². The van der Waals surface area contributed by atoms with E-state index in [1.54, 1.807) is 12.3 Å². The number of rotatable bonds is 3. The third-order valence-electron chi connectivity index (χ3n) is 5.71. The summed E-state index contributed by atoms with van der Waals surface area (Å²) in [6.45, 7) is 1.87. The molecule has 2 atom stereocenters. The van der Waals surface area contributed by atoms with Crippen LogP contribution in [0.4, 0.5) is 5.82 Å². The number of halogens is 1. The van der Waals surface area contributed by atoms with Crippen molar-refractivity contribution in [3.63, 3.8) is 0 Å². The summed E-state index contributed by atoms with van der Waals surface area (Å²) >= 11 is 6.05. The summed E-state index contributed by atoms with van der Waals surface area (Å²) in [7, 11) is 0. The first-order valence-corrected chi connectivity index (χ1v) is 10.3. The number of carbonyl (C=O) groups is 1. The molecule has 1 aromatic heterocycles. The summed E-state index contributed by atoms with van der Waals surface area (Å²) in [6, 6.07) is 9.06. The van der Waals surface area contributed by atoms with Gasteiger partial charge < -0.3 is 19.3 Å². The first kappa shape index (κ1) is 18.3. The number of likely N-dealkylation sites (tertiary alicyclic amines) is 1. The van der Waals surface area contributed by atoms with E-state index in [4.69, 9.17) is 21.1 Å². The summed E-state index contributed by atoms with van der Waals surface area (Å²) in [6.07, 6.45) is 8.99. The van der Waals surface area contributed by atoms with Gasteiger partial charge >= 0.3 is 0 Å². The Morgan fingerprint density at radius 2 is 1.86 bits per heavy atom. The molecule has 1 saturated heterocycles. The molecule has 0 N–H and O–H groups in total. The number of piperidine rings is 1. The number of nitrogens with zero attached hydrogens (tertiary/aromatic N) is 3. The van der Waals surface area contributed by atoms with Gasteiger partial charge in [-0.3, -0.25) is 4.79 Å². The van der Waals surface area contributed by atoms with Crippen LogP contribution in [-0.2, 0) is 4.79 Å². The van der Waals surface area contributed by atoms with Crippen LogP contribution in [0.15, 0.2) is 48.7 Å². The molecule has 7 heteroatoms. The molecule has 1 fully saturated rings. The molecular weight excluding hydrogens is 390 g/mol. The van der Waals surface area contributed by atoms with E-state index in [0.717, 1.165) is 48.8 Å². The SMILES string of the molecule is O=C([C@H]1C=C[C@@H](c2ccc3c(c2)OCO3)N1c1ccc(Cl)cn1)N1CCCCC1. The van der Waals surface area contributed by atoms with Gasteiger partial charge in [0, 0.05) is 19.3 Å². The molecule has 6 nitrogen and oxygen atoms in total. The Bertz CT molecular complexity index is 941. The molecule has 4 heterocycles. The molecule has 2 aromatic rings. The molecule has 0 aliphatic carbocycles. The maximum Gasteiger partial charge on any atom is 0.249 e. The minimum atomic E-state index is -0.391. The lowest BCUT2D eigenvalue weighted by Crippen LogP contribution is -2.48. The van der Waals surface area contributed by atoms with Crippen LogP contribution in [0.25, 0.3) is 0 Å². The fourth-order valence-electron chi connectivity index (χ4n) is 4.25. The second-order valence-corrected chi connectivity index (χ2v) is 7.95. The van der Waals surface area contributed by atoms with Gasteiger partial charge in [0.15, 0.2) is 11.5 Å². The number of pyridine rings is 1. The zero-order valence-electron chi connectivity index (χ0n) is 16.0. The van der Waals surface area contributed by atoms with E-state index in [2.05, 4.69) is 16.0 Å². The predicted molar refractivity (Wildman–Crippen MR) is 110 cm³/mol. The lowest BCUT2D eigenvalue weighted by Gasteiger charge is -2.35. The zero-order chi connectivity index (χ0) is 19.8. The Balaban J connectivity index is 1.50. The van der Waals surface area contributed by atoms with Crippen LogP contribution in [0.1, 0.15) is 30.9 Å². The first-order chi connectivity index (χ1) is 14.2. The van der Waals surface area contributed by atoms with Crippen molar-refractivity contribution in [3.8, 4) is 11.5 Å². The molecule has 1 amide bonds. The van der Waals surface area contributed by atoms with Gasteiger partial charge in [-0.2, -0.15) is 0 Å². The molecule has 5 rings (SSSR count). The van der Waals surface area contributed by atoms with E-state index in [-0.39, 0.29) is 18.7 Å². The number of aromatic nitrogens is 1. The molecule has 3 aliphatic heterocycles. The molecule has 0 bridgehead atoms. The van der Waals surface area contributed by atoms with Crippen LogP contribution in [0.2, 0.25) is 5.02 Å². The predicted octanol–water partition coefficient (Wildman–Crippen LogP) is 3.96. The van der Waals surface area contributed by atoms with Gasteiger partial charge in [-0.05, 0) is 49.1 Å². The van der Waals surface area contributed by atoms with E-state index >= 15 is 0 Å². The Kier molecular flexibility index (Phi) is 4.79. The van der Waals surface area contributed by atoms with Crippen molar-refractivity contribution in [2.75, 3.05) is 24.8 Å². The molecular formula is C22H22ClN3O3. The van der Waals surface area contributed by atoms with Crippen molar-refractivity contribution in [2.24, 2.45) is 0 Å². The van der Waals surface area contributed by atoms with E-state index in [0.29, 0.717) is 5.02 Å². The van der Waals surface area contributed by atoms with Crippen LogP contribution in [-0.4, -0.2) is 41.7 Å². The van der Waals surface area contributed by atoms with Gasteiger partial charge in [0.2, 0.25) is 12.7 Å². The lowest BCUT2D eigenvalue weighted by molar-refractivity contribution is -0.132. The Labute approximate surface area is 174 Å². The minimum absolute atomic E-state index is 0.126. The quantitative estimate of drug-likeness (QED) is 0.715. The maximum absolute atomic E-state index is 13.3. The van der Waals surface area contributed by atoms with Crippen molar-refractivity contribution in [3.05, 3.63) is 59.3 Å². The van der Waals surface area contributed by atoms with Crippen molar-refractivity contribution < 1.29 is 14.3 Å².